The zero-order chi connectivity index (χ0) is 14.5. The van der Waals surface area contributed by atoms with Crippen LogP contribution in [0.1, 0.15) is 30.9 Å². The van der Waals surface area contributed by atoms with E-state index < -0.39 is 11.7 Å². The first kappa shape index (κ1) is 15.5. The number of benzene rings is 1. The van der Waals surface area contributed by atoms with Gasteiger partial charge in [0.25, 0.3) is 0 Å². The average molecular weight is 268 g/mol. The average Bonchev–Trinajstić information content (AvgIpc) is 2.35. The molecular formula is C16H19F3. The summed E-state index contributed by atoms with van der Waals surface area (Å²) in [7, 11) is 0. The van der Waals surface area contributed by atoms with Gasteiger partial charge in [-0.2, -0.15) is 13.2 Å². The van der Waals surface area contributed by atoms with E-state index in [1.54, 1.807) is 0 Å². The zero-order valence-corrected chi connectivity index (χ0v) is 11.1. The molecule has 0 spiro atoms. The standard InChI is InChI=1S/C16H19F3/c1-4-6-12(3)14(5-2)11-13-7-9-15(10-8-13)16(17,18)19/h5,7-10,14H,2-4,6,11H2,1H3. The first-order chi connectivity index (χ1) is 8.88. The van der Waals surface area contributed by atoms with E-state index in [1.807, 2.05) is 6.08 Å². The van der Waals surface area contributed by atoms with Crippen molar-refractivity contribution in [2.45, 2.75) is 32.4 Å². The van der Waals surface area contributed by atoms with Crippen molar-refractivity contribution in [2.24, 2.45) is 5.92 Å². The molecule has 1 atom stereocenters. The van der Waals surface area contributed by atoms with Gasteiger partial charge in [-0.15, -0.1) is 6.58 Å². The number of rotatable bonds is 6. The van der Waals surface area contributed by atoms with E-state index in [0.717, 1.165) is 36.1 Å². The van der Waals surface area contributed by atoms with Crippen LogP contribution in [0.15, 0.2) is 49.1 Å². The van der Waals surface area contributed by atoms with Crippen LogP contribution >= 0.6 is 0 Å². The molecule has 1 rings (SSSR count). The van der Waals surface area contributed by atoms with Gasteiger partial charge in [0, 0.05) is 5.92 Å². The van der Waals surface area contributed by atoms with Crippen LogP contribution in [0.5, 0.6) is 0 Å². The Labute approximate surface area is 112 Å². The van der Waals surface area contributed by atoms with Crippen LogP contribution in [0.4, 0.5) is 13.2 Å². The van der Waals surface area contributed by atoms with Crippen molar-refractivity contribution in [2.75, 3.05) is 0 Å². The maximum atomic E-state index is 12.4. The number of alkyl halides is 3. The van der Waals surface area contributed by atoms with Gasteiger partial charge in [0.2, 0.25) is 0 Å². The third-order valence-electron chi connectivity index (χ3n) is 3.12. The summed E-state index contributed by atoms with van der Waals surface area (Å²) in [4.78, 5) is 0. The molecule has 0 radical (unpaired) electrons. The Balaban J connectivity index is 2.76. The van der Waals surface area contributed by atoms with E-state index in [9.17, 15) is 13.2 Å². The van der Waals surface area contributed by atoms with E-state index >= 15 is 0 Å². The monoisotopic (exact) mass is 268 g/mol. The van der Waals surface area contributed by atoms with Crippen molar-refractivity contribution in [3.05, 3.63) is 60.2 Å². The van der Waals surface area contributed by atoms with Crippen LogP contribution < -0.4 is 0 Å². The van der Waals surface area contributed by atoms with E-state index in [2.05, 4.69) is 20.1 Å². The predicted molar refractivity (Wildman–Crippen MR) is 72.9 cm³/mol. The summed E-state index contributed by atoms with van der Waals surface area (Å²) in [6.45, 7) is 9.87. The zero-order valence-electron chi connectivity index (χ0n) is 11.1. The number of allylic oxidation sites excluding steroid dienone is 2. The summed E-state index contributed by atoms with van der Waals surface area (Å²) in [5.41, 5.74) is 1.34. The molecule has 0 aliphatic carbocycles. The molecule has 19 heavy (non-hydrogen) atoms. The van der Waals surface area contributed by atoms with Gasteiger partial charge >= 0.3 is 6.18 Å². The van der Waals surface area contributed by atoms with Crippen molar-refractivity contribution in [1.29, 1.82) is 0 Å². The summed E-state index contributed by atoms with van der Waals surface area (Å²) < 4.78 is 37.3. The van der Waals surface area contributed by atoms with Crippen LogP contribution in [0.3, 0.4) is 0 Å². The summed E-state index contributed by atoms with van der Waals surface area (Å²) in [6.07, 6.45) is 0.117. The van der Waals surface area contributed by atoms with Crippen LogP contribution in [-0.2, 0) is 12.6 Å². The third kappa shape index (κ3) is 4.58. The van der Waals surface area contributed by atoms with E-state index in [0.29, 0.717) is 6.42 Å². The third-order valence-corrected chi connectivity index (χ3v) is 3.12. The Morgan fingerprint density at radius 2 is 1.84 bits per heavy atom. The van der Waals surface area contributed by atoms with Crippen molar-refractivity contribution in [3.63, 3.8) is 0 Å². The topological polar surface area (TPSA) is 0 Å². The van der Waals surface area contributed by atoms with E-state index in [4.69, 9.17) is 0 Å². The van der Waals surface area contributed by atoms with Crippen LogP contribution in [0.25, 0.3) is 0 Å². The van der Waals surface area contributed by atoms with Crippen molar-refractivity contribution in [3.8, 4) is 0 Å². The molecule has 0 amide bonds. The van der Waals surface area contributed by atoms with Gasteiger partial charge in [-0.1, -0.05) is 43.7 Å². The fourth-order valence-electron chi connectivity index (χ4n) is 1.98. The summed E-state index contributed by atoms with van der Waals surface area (Å²) >= 11 is 0. The summed E-state index contributed by atoms with van der Waals surface area (Å²) in [5.74, 6) is 0.122. The minimum absolute atomic E-state index is 0.122. The second kappa shape index (κ2) is 6.60. The molecule has 0 aliphatic heterocycles. The van der Waals surface area contributed by atoms with Gasteiger partial charge in [-0.05, 0) is 30.5 Å². The molecule has 0 nitrogen and oxygen atoms in total. The first-order valence-electron chi connectivity index (χ1n) is 6.34. The van der Waals surface area contributed by atoms with Gasteiger partial charge in [0.1, 0.15) is 0 Å². The predicted octanol–water partition coefficient (Wildman–Crippen LogP) is 5.41. The second-order valence-electron chi connectivity index (χ2n) is 4.65. The number of halogens is 3. The molecule has 0 bridgehead atoms. The highest BCUT2D eigenvalue weighted by Crippen LogP contribution is 2.30. The lowest BCUT2D eigenvalue weighted by atomic mass is 9.90. The molecule has 0 fully saturated rings. The molecule has 0 aromatic heterocycles. The smallest absolute Gasteiger partial charge is 0.166 e. The highest BCUT2D eigenvalue weighted by molar-refractivity contribution is 5.26. The molecule has 0 saturated carbocycles. The van der Waals surface area contributed by atoms with E-state index in [1.165, 1.54) is 12.1 Å². The maximum absolute atomic E-state index is 12.4. The lowest BCUT2D eigenvalue weighted by molar-refractivity contribution is -0.137. The van der Waals surface area contributed by atoms with Crippen molar-refractivity contribution >= 4 is 0 Å². The number of hydrogen-bond donors (Lipinski definition) is 0. The number of hydrogen-bond acceptors (Lipinski definition) is 0. The molecule has 0 aliphatic rings. The summed E-state index contributed by atoms with van der Waals surface area (Å²) in [6, 6.07) is 5.30. The maximum Gasteiger partial charge on any atom is 0.416 e. The molecule has 0 heterocycles. The van der Waals surface area contributed by atoms with E-state index in [-0.39, 0.29) is 5.92 Å². The fourth-order valence-corrected chi connectivity index (χ4v) is 1.98. The Morgan fingerprint density at radius 3 is 2.26 bits per heavy atom. The quantitative estimate of drug-likeness (QED) is 0.605. The lowest BCUT2D eigenvalue weighted by Gasteiger charge is -2.16. The van der Waals surface area contributed by atoms with Crippen LogP contribution in [-0.4, -0.2) is 0 Å². The highest BCUT2D eigenvalue weighted by Gasteiger charge is 2.29. The van der Waals surface area contributed by atoms with Gasteiger partial charge in [-0.3, -0.25) is 0 Å². The van der Waals surface area contributed by atoms with Crippen LogP contribution in [0, 0.1) is 5.92 Å². The Bertz CT molecular complexity index is 426. The first-order valence-corrected chi connectivity index (χ1v) is 6.34. The molecule has 3 heteroatoms. The minimum Gasteiger partial charge on any atom is -0.166 e. The molecule has 1 unspecified atom stereocenters. The van der Waals surface area contributed by atoms with Gasteiger partial charge in [0.05, 0.1) is 5.56 Å². The second-order valence-corrected chi connectivity index (χ2v) is 4.65. The SMILES string of the molecule is C=CC(Cc1ccc(C(F)(F)F)cc1)C(=C)CCC. The largest absolute Gasteiger partial charge is 0.416 e. The Kier molecular flexibility index (Phi) is 5.40. The van der Waals surface area contributed by atoms with Gasteiger partial charge in [-0.25, -0.2) is 0 Å². The lowest BCUT2D eigenvalue weighted by Crippen LogP contribution is -2.07. The molecular weight excluding hydrogens is 249 g/mol. The van der Waals surface area contributed by atoms with Crippen molar-refractivity contribution in [1.82, 2.24) is 0 Å². The Morgan fingerprint density at radius 1 is 1.26 bits per heavy atom. The molecule has 0 saturated heterocycles. The normalized spacial score (nSPS) is 13.1. The Hall–Kier alpha value is -1.51. The molecule has 1 aromatic carbocycles. The molecule has 104 valence electrons. The van der Waals surface area contributed by atoms with Crippen molar-refractivity contribution < 1.29 is 13.2 Å². The minimum atomic E-state index is -4.28. The summed E-state index contributed by atoms with van der Waals surface area (Å²) in [5, 5.41) is 0. The molecule has 0 N–H and O–H groups in total. The molecule has 1 aromatic rings. The fraction of sp³-hybridized carbons (Fsp3) is 0.375. The highest BCUT2D eigenvalue weighted by atomic mass is 19.4. The van der Waals surface area contributed by atoms with Gasteiger partial charge < -0.3 is 0 Å². The van der Waals surface area contributed by atoms with Gasteiger partial charge in [0.15, 0.2) is 0 Å². The van der Waals surface area contributed by atoms with Crippen LogP contribution in [0.2, 0.25) is 0 Å².